The molecule has 16 heavy (non-hydrogen) atoms. The van der Waals surface area contributed by atoms with Crippen LogP contribution in [0.3, 0.4) is 0 Å². The van der Waals surface area contributed by atoms with Gasteiger partial charge in [-0.25, -0.2) is 0 Å². The molecule has 0 radical (unpaired) electrons. The summed E-state index contributed by atoms with van der Waals surface area (Å²) in [6.07, 6.45) is 4.39. The van der Waals surface area contributed by atoms with E-state index in [1.807, 2.05) is 0 Å². The van der Waals surface area contributed by atoms with Crippen LogP contribution in [0.2, 0.25) is 18.1 Å². The van der Waals surface area contributed by atoms with E-state index in [2.05, 4.69) is 40.3 Å². The molecule has 1 aliphatic rings. The van der Waals surface area contributed by atoms with Gasteiger partial charge in [0.25, 0.3) is 0 Å². The van der Waals surface area contributed by atoms with Gasteiger partial charge in [0.15, 0.2) is 0 Å². The molecule has 92 valence electrons. The lowest BCUT2D eigenvalue weighted by Crippen LogP contribution is -2.35. The van der Waals surface area contributed by atoms with Crippen LogP contribution < -0.4 is 0 Å². The zero-order chi connectivity index (χ0) is 12.2. The van der Waals surface area contributed by atoms with Gasteiger partial charge in [0.1, 0.15) is 0 Å². The number of allylic oxidation sites excluding steroid dienone is 3. The summed E-state index contributed by atoms with van der Waals surface area (Å²) in [6.45, 7) is 13.0. The molecule has 0 aliphatic heterocycles. The molecule has 0 spiro atoms. The molecule has 1 aliphatic carbocycles. The van der Waals surface area contributed by atoms with E-state index in [1.165, 1.54) is 35.9 Å². The Bertz CT molecular complexity index is 268. The van der Waals surface area contributed by atoms with Crippen LogP contribution >= 0.6 is 0 Å². The third-order valence-corrected chi connectivity index (χ3v) is 8.78. The first kappa shape index (κ1) is 13.6. The molecule has 0 bridgehead atoms. The van der Waals surface area contributed by atoms with E-state index in [4.69, 9.17) is 4.43 Å². The Balaban J connectivity index is 2.80. The van der Waals surface area contributed by atoms with Crippen molar-refractivity contribution >= 4 is 8.32 Å². The van der Waals surface area contributed by atoms with Gasteiger partial charge in [0, 0.05) is 12.3 Å². The molecule has 1 atom stereocenters. The Morgan fingerprint density at radius 1 is 1.31 bits per heavy atom. The van der Waals surface area contributed by atoms with E-state index >= 15 is 0 Å². The largest absolute Gasteiger partial charge is 0.547 e. The highest BCUT2D eigenvalue weighted by Crippen LogP contribution is 2.36. The van der Waals surface area contributed by atoms with Crippen molar-refractivity contribution in [2.45, 2.75) is 58.7 Å². The molecule has 0 saturated heterocycles. The van der Waals surface area contributed by atoms with Crippen molar-refractivity contribution in [2.75, 3.05) is 0 Å². The Hall–Kier alpha value is -0.503. The van der Waals surface area contributed by atoms with E-state index in [0.717, 1.165) is 6.42 Å². The summed E-state index contributed by atoms with van der Waals surface area (Å²) >= 11 is 0. The normalized spacial score (nSPS) is 21.4. The van der Waals surface area contributed by atoms with Gasteiger partial charge in [0.05, 0.1) is 5.76 Å². The van der Waals surface area contributed by atoms with Crippen molar-refractivity contribution in [3.8, 4) is 0 Å². The van der Waals surface area contributed by atoms with E-state index in [1.54, 1.807) is 0 Å². The molecule has 0 saturated carbocycles. The van der Waals surface area contributed by atoms with Crippen LogP contribution in [0, 0.1) is 5.92 Å². The topological polar surface area (TPSA) is 9.23 Å². The van der Waals surface area contributed by atoms with Crippen LogP contribution in [-0.4, -0.2) is 8.32 Å². The number of rotatable bonds is 6. The molecular formula is C14H26OSi. The van der Waals surface area contributed by atoms with Gasteiger partial charge in [0.2, 0.25) is 8.32 Å². The molecular weight excluding hydrogens is 212 g/mol. The zero-order valence-electron chi connectivity index (χ0n) is 11.3. The highest BCUT2D eigenvalue weighted by atomic mass is 28.4. The van der Waals surface area contributed by atoms with E-state index < -0.39 is 8.32 Å². The van der Waals surface area contributed by atoms with Crippen molar-refractivity contribution < 1.29 is 4.43 Å². The predicted molar refractivity (Wildman–Crippen MR) is 73.9 cm³/mol. The van der Waals surface area contributed by atoms with Gasteiger partial charge < -0.3 is 4.43 Å². The van der Waals surface area contributed by atoms with Crippen LogP contribution in [0.25, 0.3) is 0 Å². The molecule has 0 heterocycles. The summed E-state index contributed by atoms with van der Waals surface area (Å²) in [7, 11) is -1.46. The highest BCUT2D eigenvalue weighted by molar-refractivity contribution is 6.73. The van der Waals surface area contributed by atoms with Crippen molar-refractivity contribution in [3.05, 3.63) is 24.0 Å². The van der Waals surface area contributed by atoms with Gasteiger partial charge in [-0.05, 0) is 37.0 Å². The summed E-state index contributed by atoms with van der Waals surface area (Å²) in [5, 5.41) is 0. The minimum Gasteiger partial charge on any atom is -0.547 e. The third kappa shape index (κ3) is 2.60. The van der Waals surface area contributed by atoms with Crippen LogP contribution in [0.1, 0.15) is 40.5 Å². The van der Waals surface area contributed by atoms with E-state index in [-0.39, 0.29) is 0 Å². The molecule has 1 rings (SSSR count). The molecule has 0 aromatic heterocycles. The number of hydrogen-bond acceptors (Lipinski definition) is 1. The summed E-state index contributed by atoms with van der Waals surface area (Å²) in [5.74, 6) is 1.86. The second-order valence-electron chi connectivity index (χ2n) is 4.83. The van der Waals surface area contributed by atoms with Crippen LogP contribution in [-0.2, 0) is 4.43 Å². The van der Waals surface area contributed by atoms with E-state index in [9.17, 15) is 0 Å². The van der Waals surface area contributed by atoms with Crippen molar-refractivity contribution in [1.82, 2.24) is 0 Å². The van der Waals surface area contributed by atoms with Crippen molar-refractivity contribution in [2.24, 2.45) is 5.92 Å². The maximum absolute atomic E-state index is 6.46. The standard InChI is InChI=1S/C14H26OSi/c1-6-13-10-11-14(12(13)5)15-16(7-2,8-3)9-4/h6,13H,1,7-11H2,2-5H3. The van der Waals surface area contributed by atoms with Gasteiger partial charge in [-0.15, -0.1) is 6.58 Å². The van der Waals surface area contributed by atoms with Gasteiger partial charge in [-0.3, -0.25) is 0 Å². The molecule has 2 heteroatoms. The molecule has 0 N–H and O–H groups in total. The fraction of sp³-hybridized carbons (Fsp3) is 0.714. The fourth-order valence-corrected chi connectivity index (χ4v) is 5.28. The second kappa shape index (κ2) is 5.71. The zero-order valence-corrected chi connectivity index (χ0v) is 12.3. The maximum Gasteiger partial charge on any atom is 0.250 e. The molecule has 0 aromatic rings. The lowest BCUT2D eigenvalue weighted by molar-refractivity contribution is 0.388. The average molecular weight is 238 g/mol. The molecule has 0 aromatic carbocycles. The number of hydrogen-bond donors (Lipinski definition) is 0. The SMILES string of the molecule is C=CC1CCC(O[Si](CC)(CC)CC)=C1C. The minimum atomic E-state index is -1.46. The van der Waals surface area contributed by atoms with Crippen molar-refractivity contribution in [1.29, 1.82) is 0 Å². The monoisotopic (exact) mass is 238 g/mol. The quantitative estimate of drug-likeness (QED) is 0.473. The Kier molecular flexibility index (Phi) is 4.84. The molecule has 1 nitrogen and oxygen atoms in total. The lowest BCUT2D eigenvalue weighted by Gasteiger charge is -2.30. The maximum atomic E-state index is 6.46. The van der Waals surface area contributed by atoms with Crippen LogP contribution in [0.4, 0.5) is 0 Å². The van der Waals surface area contributed by atoms with E-state index in [0.29, 0.717) is 5.92 Å². The predicted octanol–water partition coefficient (Wildman–Crippen LogP) is 4.88. The Labute approximate surface area is 102 Å². The smallest absolute Gasteiger partial charge is 0.250 e. The van der Waals surface area contributed by atoms with Crippen LogP contribution in [0.15, 0.2) is 24.0 Å². The first-order chi connectivity index (χ1) is 7.62. The Morgan fingerprint density at radius 2 is 1.88 bits per heavy atom. The first-order valence-electron chi connectivity index (χ1n) is 6.63. The first-order valence-corrected chi connectivity index (χ1v) is 9.16. The van der Waals surface area contributed by atoms with Gasteiger partial charge in [-0.1, -0.05) is 26.8 Å². The fourth-order valence-electron chi connectivity index (χ4n) is 2.56. The summed E-state index contributed by atoms with van der Waals surface area (Å²) in [5.41, 5.74) is 1.43. The summed E-state index contributed by atoms with van der Waals surface area (Å²) in [6, 6.07) is 3.70. The molecule has 0 amide bonds. The second-order valence-corrected chi connectivity index (χ2v) is 9.52. The molecule has 1 unspecified atom stereocenters. The minimum absolute atomic E-state index is 0.562. The van der Waals surface area contributed by atoms with Gasteiger partial charge >= 0.3 is 0 Å². The Morgan fingerprint density at radius 3 is 2.25 bits per heavy atom. The summed E-state index contributed by atoms with van der Waals surface area (Å²) < 4.78 is 6.46. The van der Waals surface area contributed by atoms with Gasteiger partial charge in [-0.2, -0.15) is 0 Å². The third-order valence-electron chi connectivity index (χ3n) is 4.24. The highest BCUT2D eigenvalue weighted by Gasteiger charge is 2.33. The van der Waals surface area contributed by atoms with Crippen LogP contribution in [0.5, 0.6) is 0 Å². The van der Waals surface area contributed by atoms with Crippen molar-refractivity contribution in [3.63, 3.8) is 0 Å². The average Bonchev–Trinajstić information content (AvgIpc) is 2.67. The molecule has 0 fully saturated rings. The summed E-state index contributed by atoms with van der Waals surface area (Å²) in [4.78, 5) is 0. The lowest BCUT2D eigenvalue weighted by atomic mass is 10.0.